The molecule has 2 atom stereocenters. The van der Waals surface area contributed by atoms with Crippen LogP contribution in [-0.4, -0.2) is 34.9 Å². The van der Waals surface area contributed by atoms with E-state index in [9.17, 15) is 18.7 Å². The van der Waals surface area contributed by atoms with Crippen LogP contribution in [0.15, 0.2) is 0 Å². The van der Waals surface area contributed by atoms with Gasteiger partial charge < -0.3 is 15.2 Å². The third-order valence-electron chi connectivity index (χ3n) is 2.52. The minimum atomic E-state index is -3.09. The molecule has 0 radical (unpaired) electrons. The average molecular weight is 251 g/mol. The highest BCUT2D eigenvalue weighted by atomic mass is 19.3. The van der Waals surface area contributed by atoms with Gasteiger partial charge >= 0.3 is 6.09 Å². The van der Waals surface area contributed by atoms with Crippen LogP contribution < -0.4 is 5.32 Å². The minimum absolute atomic E-state index is 0.251. The van der Waals surface area contributed by atoms with Crippen molar-refractivity contribution >= 4 is 6.09 Å². The molecule has 1 amide bonds. The zero-order valence-electron chi connectivity index (χ0n) is 10.3. The number of nitrogens with one attached hydrogen (secondary N) is 1. The SMILES string of the molecule is CC(C)(C)OC(=O)NC1[C@@H](O)CCCC1(F)F. The van der Waals surface area contributed by atoms with Crippen molar-refractivity contribution in [2.75, 3.05) is 0 Å². The molecule has 4 nitrogen and oxygen atoms in total. The number of aliphatic hydroxyl groups excluding tert-OH is 1. The molecule has 100 valence electrons. The highest BCUT2D eigenvalue weighted by molar-refractivity contribution is 5.68. The van der Waals surface area contributed by atoms with E-state index >= 15 is 0 Å². The molecule has 1 aliphatic carbocycles. The van der Waals surface area contributed by atoms with Crippen molar-refractivity contribution in [2.45, 2.75) is 63.7 Å². The second kappa shape index (κ2) is 4.76. The molecule has 0 aromatic rings. The predicted molar refractivity (Wildman–Crippen MR) is 58.0 cm³/mol. The number of alkyl carbamates (subject to hydrolysis) is 1. The first-order chi connectivity index (χ1) is 7.62. The molecule has 0 heterocycles. The summed E-state index contributed by atoms with van der Waals surface area (Å²) in [5.74, 6) is -3.09. The van der Waals surface area contributed by atoms with Crippen LogP contribution in [-0.2, 0) is 4.74 Å². The Morgan fingerprint density at radius 1 is 1.47 bits per heavy atom. The van der Waals surface area contributed by atoms with Gasteiger partial charge in [-0.1, -0.05) is 0 Å². The lowest BCUT2D eigenvalue weighted by Crippen LogP contribution is -2.57. The first-order valence-electron chi connectivity index (χ1n) is 5.67. The molecule has 1 aliphatic rings. The number of carbonyl (C=O) groups is 1. The Labute approximate surface area is 99.3 Å². The van der Waals surface area contributed by atoms with Gasteiger partial charge in [0.25, 0.3) is 5.92 Å². The molecule has 0 aromatic carbocycles. The first-order valence-corrected chi connectivity index (χ1v) is 5.67. The van der Waals surface area contributed by atoms with Crippen molar-refractivity contribution < 1.29 is 23.4 Å². The number of rotatable bonds is 1. The van der Waals surface area contributed by atoms with Crippen molar-refractivity contribution in [3.05, 3.63) is 0 Å². The zero-order valence-corrected chi connectivity index (χ0v) is 10.3. The van der Waals surface area contributed by atoms with E-state index in [2.05, 4.69) is 5.32 Å². The summed E-state index contributed by atoms with van der Waals surface area (Å²) < 4.78 is 31.9. The molecule has 0 aliphatic heterocycles. The van der Waals surface area contributed by atoms with E-state index in [1.54, 1.807) is 20.8 Å². The molecular weight excluding hydrogens is 232 g/mol. The van der Waals surface area contributed by atoms with E-state index < -0.39 is 29.8 Å². The summed E-state index contributed by atoms with van der Waals surface area (Å²) in [7, 11) is 0. The molecule has 0 aromatic heterocycles. The van der Waals surface area contributed by atoms with E-state index in [-0.39, 0.29) is 19.3 Å². The van der Waals surface area contributed by atoms with Gasteiger partial charge in [0, 0.05) is 6.42 Å². The van der Waals surface area contributed by atoms with Crippen molar-refractivity contribution in [3.63, 3.8) is 0 Å². The summed E-state index contributed by atoms with van der Waals surface area (Å²) in [6.07, 6.45) is -1.98. The summed E-state index contributed by atoms with van der Waals surface area (Å²) in [5.41, 5.74) is -0.751. The summed E-state index contributed by atoms with van der Waals surface area (Å²) >= 11 is 0. The maximum absolute atomic E-state index is 13.5. The number of carbonyl (C=O) groups excluding carboxylic acids is 1. The lowest BCUT2D eigenvalue weighted by Gasteiger charge is -2.35. The van der Waals surface area contributed by atoms with Crippen LogP contribution in [0.5, 0.6) is 0 Å². The number of amides is 1. The molecule has 1 fully saturated rings. The van der Waals surface area contributed by atoms with Crippen LogP contribution in [0.1, 0.15) is 40.0 Å². The van der Waals surface area contributed by atoms with Crippen LogP contribution in [0.3, 0.4) is 0 Å². The highest BCUT2D eigenvalue weighted by Crippen LogP contribution is 2.33. The summed E-state index contributed by atoms with van der Waals surface area (Å²) in [6, 6.07) is -1.56. The summed E-state index contributed by atoms with van der Waals surface area (Å²) in [6.45, 7) is 4.92. The van der Waals surface area contributed by atoms with Gasteiger partial charge in [-0.15, -0.1) is 0 Å². The Morgan fingerprint density at radius 2 is 2.06 bits per heavy atom. The molecule has 6 heteroatoms. The van der Waals surface area contributed by atoms with Crippen molar-refractivity contribution in [1.29, 1.82) is 0 Å². The summed E-state index contributed by atoms with van der Waals surface area (Å²) in [5, 5.41) is 11.6. The maximum Gasteiger partial charge on any atom is 0.408 e. The van der Waals surface area contributed by atoms with Gasteiger partial charge in [0.2, 0.25) is 0 Å². The van der Waals surface area contributed by atoms with E-state index in [4.69, 9.17) is 4.74 Å². The number of aliphatic hydroxyl groups is 1. The molecule has 1 unspecified atom stereocenters. The van der Waals surface area contributed by atoms with E-state index in [0.717, 1.165) is 0 Å². The lowest BCUT2D eigenvalue weighted by atomic mass is 9.89. The monoisotopic (exact) mass is 251 g/mol. The predicted octanol–water partition coefficient (Wildman–Crippen LogP) is 2.06. The smallest absolute Gasteiger partial charge is 0.408 e. The molecule has 1 saturated carbocycles. The Kier molecular flexibility index (Phi) is 3.96. The Hall–Kier alpha value is -0.910. The van der Waals surface area contributed by atoms with Crippen LogP contribution >= 0.6 is 0 Å². The minimum Gasteiger partial charge on any atom is -0.444 e. The van der Waals surface area contributed by atoms with Gasteiger partial charge in [-0.05, 0) is 33.6 Å². The standard InChI is InChI=1S/C11H19F2NO3/c1-10(2,3)17-9(16)14-8-7(15)5-4-6-11(8,12)13/h7-8,15H,4-6H2,1-3H3,(H,14,16)/t7-,8?/m0/s1. The van der Waals surface area contributed by atoms with Crippen LogP contribution in [0, 0.1) is 0 Å². The molecule has 1 rings (SSSR count). The number of alkyl halides is 2. The van der Waals surface area contributed by atoms with Gasteiger partial charge in [-0.3, -0.25) is 0 Å². The second-order valence-electron chi connectivity index (χ2n) is 5.34. The second-order valence-corrected chi connectivity index (χ2v) is 5.34. The molecule has 0 bridgehead atoms. The topological polar surface area (TPSA) is 58.6 Å². The van der Waals surface area contributed by atoms with Gasteiger partial charge in [0.15, 0.2) is 0 Å². The van der Waals surface area contributed by atoms with Gasteiger partial charge in [0.1, 0.15) is 11.6 Å². The first kappa shape index (κ1) is 14.2. The largest absolute Gasteiger partial charge is 0.444 e. The third kappa shape index (κ3) is 4.11. The third-order valence-corrected chi connectivity index (χ3v) is 2.52. The fraction of sp³-hybridized carbons (Fsp3) is 0.909. The Bertz CT molecular complexity index is 289. The summed E-state index contributed by atoms with van der Waals surface area (Å²) in [4.78, 5) is 11.4. The molecule has 2 N–H and O–H groups in total. The molecular formula is C11H19F2NO3. The normalized spacial score (nSPS) is 28.6. The maximum atomic E-state index is 13.5. The highest BCUT2D eigenvalue weighted by Gasteiger charge is 2.47. The number of hydrogen-bond acceptors (Lipinski definition) is 3. The number of halogens is 2. The fourth-order valence-corrected chi connectivity index (χ4v) is 1.79. The van der Waals surface area contributed by atoms with Crippen LogP contribution in [0.25, 0.3) is 0 Å². The van der Waals surface area contributed by atoms with Crippen molar-refractivity contribution in [2.24, 2.45) is 0 Å². The van der Waals surface area contributed by atoms with Crippen LogP contribution in [0.4, 0.5) is 13.6 Å². The fourth-order valence-electron chi connectivity index (χ4n) is 1.79. The van der Waals surface area contributed by atoms with E-state index in [1.165, 1.54) is 0 Å². The Morgan fingerprint density at radius 3 is 2.53 bits per heavy atom. The van der Waals surface area contributed by atoms with Gasteiger partial charge in [-0.25, -0.2) is 13.6 Å². The zero-order chi connectivity index (χ0) is 13.3. The average Bonchev–Trinajstić information content (AvgIpc) is 2.08. The molecule has 0 saturated heterocycles. The molecule has 0 spiro atoms. The van der Waals surface area contributed by atoms with E-state index in [0.29, 0.717) is 0 Å². The number of hydrogen-bond donors (Lipinski definition) is 2. The number of ether oxygens (including phenoxy) is 1. The Balaban J connectivity index is 2.62. The lowest BCUT2D eigenvalue weighted by molar-refractivity contribution is -0.108. The molecule has 17 heavy (non-hydrogen) atoms. The van der Waals surface area contributed by atoms with Crippen molar-refractivity contribution in [1.82, 2.24) is 5.32 Å². The van der Waals surface area contributed by atoms with Gasteiger partial charge in [0.05, 0.1) is 6.10 Å². The quantitative estimate of drug-likeness (QED) is 0.750. The van der Waals surface area contributed by atoms with Crippen LogP contribution in [0.2, 0.25) is 0 Å². The van der Waals surface area contributed by atoms with Crippen molar-refractivity contribution in [3.8, 4) is 0 Å². The van der Waals surface area contributed by atoms with E-state index in [1.807, 2.05) is 0 Å². The van der Waals surface area contributed by atoms with Gasteiger partial charge in [-0.2, -0.15) is 0 Å².